The minimum Gasteiger partial charge on any atom is -0.395 e. The van der Waals surface area contributed by atoms with E-state index in [4.69, 9.17) is 14.8 Å². The first-order valence-electron chi connectivity index (χ1n) is 13.4. The van der Waals surface area contributed by atoms with E-state index in [9.17, 15) is 29.5 Å². The van der Waals surface area contributed by atoms with Crippen LogP contribution in [0.2, 0.25) is 0 Å². The van der Waals surface area contributed by atoms with Crippen LogP contribution in [0.25, 0.3) is 11.2 Å². The van der Waals surface area contributed by atoms with E-state index in [1.807, 2.05) is 30.3 Å². The highest BCUT2D eigenvalue weighted by atomic mass is 32.2. The first-order valence-corrected chi connectivity index (χ1v) is 15.9. The second-order valence-corrected chi connectivity index (χ2v) is 14.0. The van der Waals surface area contributed by atoms with E-state index in [1.165, 1.54) is 17.8 Å². The minimum atomic E-state index is -3.96. The predicted molar refractivity (Wildman–Crippen MR) is 157 cm³/mol. The molecule has 0 radical (unpaired) electrons. The van der Waals surface area contributed by atoms with Crippen molar-refractivity contribution in [2.75, 3.05) is 31.3 Å². The summed E-state index contributed by atoms with van der Waals surface area (Å²) < 4.78 is 26.7. The number of carbonyl (C=O) groups excluding carboxylic acids is 1. The lowest BCUT2D eigenvalue weighted by molar-refractivity contribution is -0.119. The van der Waals surface area contributed by atoms with E-state index in [0.29, 0.717) is 0 Å². The number of aromatic nitrogens is 4. The Morgan fingerprint density at radius 3 is 2.74 bits per heavy atom. The number of carbonyl (C=O) groups is 1. The summed E-state index contributed by atoms with van der Waals surface area (Å²) in [6, 6.07) is 8.45. The van der Waals surface area contributed by atoms with E-state index in [0.717, 1.165) is 17.3 Å². The summed E-state index contributed by atoms with van der Waals surface area (Å²) in [5.74, 6) is -0.623. The number of hydrogen-bond donors (Lipinski definition) is 6. The quantitative estimate of drug-likeness (QED) is 0.118. The summed E-state index contributed by atoms with van der Waals surface area (Å²) in [6.45, 7) is 4.25. The number of nitrogens with two attached hydrogens (primary N) is 1. The van der Waals surface area contributed by atoms with Gasteiger partial charge in [-0.1, -0.05) is 42.1 Å². The van der Waals surface area contributed by atoms with Crippen molar-refractivity contribution in [3.8, 4) is 0 Å². The van der Waals surface area contributed by atoms with Gasteiger partial charge in [-0.25, -0.2) is 14.6 Å². The number of fused-ring (bicyclic) bond motifs is 1. The van der Waals surface area contributed by atoms with Crippen LogP contribution in [0, 0.1) is 11.3 Å². The van der Waals surface area contributed by atoms with Crippen LogP contribution in [0.5, 0.6) is 0 Å². The molecule has 1 aromatic carbocycles. The van der Waals surface area contributed by atoms with Crippen LogP contribution in [-0.2, 0) is 25.0 Å². The zero-order valence-electron chi connectivity index (χ0n) is 23.6. The minimum absolute atomic E-state index is 0.0379. The average Bonchev–Trinajstić information content (AvgIpc) is 3.47. The number of nitrogens with zero attached hydrogens (tertiary/aromatic N) is 3. The molecule has 0 spiro atoms. The molecule has 4 rings (SSSR count). The van der Waals surface area contributed by atoms with E-state index in [-0.39, 0.29) is 60.8 Å². The summed E-state index contributed by atoms with van der Waals surface area (Å²) >= 11 is 0.959. The highest BCUT2D eigenvalue weighted by Gasteiger charge is 2.52. The predicted octanol–water partition coefficient (Wildman–Crippen LogP) is 1.58. The van der Waals surface area contributed by atoms with Gasteiger partial charge in [-0.3, -0.25) is 23.6 Å². The van der Waals surface area contributed by atoms with Gasteiger partial charge in [0.15, 0.2) is 16.3 Å². The van der Waals surface area contributed by atoms with Gasteiger partial charge in [-0.2, -0.15) is 4.98 Å². The average molecular weight is 625 g/mol. The van der Waals surface area contributed by atoms with E-state index in [2.05, 4.69) is 20.0 Å². The lowest BCUT2D eigenvalue weighted by Gasteiger charge is -2.30. The molecule has 5 atom stereocenters. The number of aliphatic hydroxyl groups is 3. The molecule has 0 aliphatic heterocycles. The first kappa shape index (κ1) is 32.3. The van der Waals surface area contributed by atoms with Crippen molar-refractivity contribution in [3.63, 3.8) is 0 Å². The number of anilines is 1. The maximum atomic E-state index is 13.8. The van der Waals surface area contributed by atoms with Crippen molar-refractivity contribution < 1.29 is 33.7 Å². The number of hydrogen-bond acceptors (Lipinski definition) is 12. The molecule has 230 valence electrons. The topological polar surface area (TPSA) is 215 Å². The van der Waals surface area contributed by atoms with Crippen LogP contribution in [0.15, 0.2) is 41.5 Å². The van der Waals surface area contributed by atoms with Crippen LogP contribution >= 0.6 is 19.5 Å². The van der Waals surface area contributed by atoms with Crippen LogP contribution in [0.4, 0.5) is 5.95 Å². The third-order valence-electron chi connectivity index (χ3n) is 7.34. The molecule has 2 aromatic heterocycles. The zero-order valence-corrected chi connectivity index (χ0v) is 25.3. The lowest BCUT2D eigenvalue weighted by Crippen LogP contribution is -2.43. The molecule has 1 saturated carbocycles. The zero-order chi connectivity index (χ0) is 30.7. The molecular formula is C26H37N6O8PS. The fourth-order valence-corrected chi connectivity index (χ4v) is 7.00. The molecular weight excluding hydrogens is 587 g/mol. The Balaban J connectivity index is 1.46. The number of aromatic amines is 1. The highest BCUT2D eigenvalue weighted by molar-refractivity contribution is 8.13. The third kappa shape index (κ3) is 7.12. The Morgan fingerprint density at radius 1 is 1.33 bits per heavy atom. The molecule has 14 nitrogen and oxygen atoms in total. The maximum absolute atomic E-state index is 13.8. The molecule has 0 saturated heterocycles. The summed E-state index contributed by atoms with van der Waals surface area (Å²) in [6.07, 6.45) is 0.233. The normalized spacial score (nSPS) is 24.2. The van der Waals surface area contributed by atoms with Gasteiger partial charge < -0.3 is 25.6 Å². The van der Waals surface area contributed by atoms with E-state index >= 15 is 0 Å². The van der Waals surface area contributed by atoms with Gasteiger partial charge in [-0.15, -0.1) is 0 Å². The third-order valence-corrected chi connectivity index (χ3v) is 10.1. The molecule has 1 fully saturated rings. The largest absolute Gasteiger partial charge is 0.405 e. The van der Waals surface area contributed by atoms with Gasteiger partial charge in [0.2, 0.25) is 5.95 Å². The van der Waals surface area contributed by atoms with Crippen LogP contribution in [0.1, 0.15) is 38.8 Å². The Labute approximate surface area is 246 Å². The number of benzene rings is 1. The number of rotatable bonds is 13. The summed E-state index contributed by atoms with van der Waals surface area (Å²) in [4.78, 5) is 35.2. The van der Waals surface area contributed by atoms with Crippen molar-refractivity contribution >= 4 is 41.7 Å². The smallest absolute Gasteiger partial charge is 0.395 e. The standard InChI is InChI=1S/C26H37N6O8PS/c1-25(2,14-33)23(36)42-10-9-39-41(38,29-12-16-7-5-4-6-8-16)40-13-17-11-18(26(3,37)20(17)34)32-15-28-19-21(32)30-24(27)31-22(19)35/h4-8,15,17-18,20,33-34,37H,9-14H2,1-3H3,(H,29,38)(H3,27,30,31,35)/t17?,18-,20-,26+,41?/m1/s1. The van der Waals surface area contributed by atoms with Crippen molar-refractivity contribution in [2.45, 2.75) is 51.5 Å². The molecule has 2 unspecified atom stereocenters. The molecule has 0 amide bonds. The summed E-state index contributed by atoms with van der Waals surface area (Å²) in [7, 11) is -3.96. The number of thioether (sulfide) groups is 1. The number of aliphatic hydroxyl groups excluding tert-OH is 2. The molecule has 42 heavy (non-hydrogen) atoms. The van der Waals surface area contributed by atoms with Gasteiger partial charge in [0.05, 0.1) is 43.7 Å². The number of H-pyrrole nitrogens is 1. The van der Waals surface area contributed by atoms with Crippen LogP contribution in [0.3, 0.4) is 0 Å². The van der Waals surface area contributed by atoms with Crippen molar-refractivity contribution in [3.05, 3.63) is 52.6 Å². The fraction of sp³-hybridized carbons (Fsp3) is 0.538. The van der Waals surface area contributed by atoms with Gasteiger partial charge in [0, 0.05) is 18.2 Å². The van der Waals surface area contributed by atoms with Gasteiger partial charge in [0.25, 0.3) is 5.56 Å². The number of nitrogen functional groups attached to an aromatic ring is 1. The maximum Gasteiger partial charge on any atom is 0.405 e. The highest BCUT2D eigenvalue weighted by Crippen LogP contribution is 2.49. The van der Waals surface area contributed by atoms with E-state index < -0.39 is 42.4 Å². The number of nitrogens with one attached hydrogen (secondary N) is 2. The molecule has 1 aliphatic rings. The molecule has 7 N–H and O–H groups in total. The molecule has 1 aliphatic carbocycles. The van der Waals surface area contributed by atoms with Crippen LogP contribution < -0.4 is 16.4 Å². The lowest BCUT2D eigenvalue weighted by atomic mass is 9.96. The Kier molecular flexibility index (Phi) is 9.95. The molecule has 16 heteroatoms. The summed E-state index contributed by atoms with van der Waals surface area (Å²) in [5, 5.41) is 34.4. The molecule has 2 heterocycles. The van der Waals surface area contributed by atoms with Crippen LogP contribution in [-0.4, -0.2) is 77.2 Å². The van der Waals surface area contributed by atoms with E-state index in [1.54, 1.807) is 13.8 Å². The molecule has 0 bridgehead atoms. The first-order chi connectivity index (χ1) is 19.8. The Morgan fingerprint density at radius 2 is 2.05 bits per heavy atom. The Bertz CT molecular complexity index is 1500. The van der Waals surface area contributed by atoms with Crippen molar-refractivity contribution in [1.82, 2.24) is 24.6 Å². The van der Waals surface area contributed by atoms with Gasteiger partial charge >= 0.3 is 7.75 Å². The fourth-order valence-electron chi connectivity index (χ4n) is 4.71. The van der Waals surface area contributed by atoms with Crippen molar-refractivity contribution in [2.24, 2.45) is 11.3 Å². The monoisotopic (exact) mass is 624 g/mol. The number of imidazole rings is 1. The molecule has 3 aromatic rings. The Hall–Kier alpha value is -2.62. The summed E-state index contributed by atoms with van der Waals surface area (Å²) in [5.41, 5.74) is 3.61. The second-order valence-electron chi connectivity index (χ2n) is 11.1. The van der Waals surface area contributed by atoms with Crippen molar-refractivity contribution in [1.29, 1.82) is 0 Å². The SMILES string of the molecule is CC(C)(CO)C(=O)SCCOP(=O)(NCc1ccccc1)OCC1C[C@@H](n2cnc3c(=O)[nH]c(N)nc32)[C@](C)(O)[C@@H]1O. The second kappa shape index (κ2) is 12.9. The van der Waals surface area contributed by atoms with Gasteiger partial charge in [-0.05, 0) is 32.8 Å². The van der Waals surface area contributed by atoms with Gasteiger partial charge in [0.1, 0.15) is 5.60 Å².